The van der Waals surface area contributed by atoms with Gasteiger partial charge in [0, 0.05) is 19.5 Å². The average molecular weight is 408 g/mol. The number of rotatable bonds is 7. The van der Waals surface area contributed by atoms with E-state index in [4.69, 9.17) is 10.5 Å². The average Bonchev–Trinajstić information content (AvgIpc) is 3.24. The van der Waals surface area contributed by atoms with Gasteiger partial charge in [-0.25, -0.2) is 0 Å². The molecule has 0 aliphatic carbocycles. The van der Waals surface area contributed by atoms with Gasteiger partial charge in [-0.1, -0.05) is 54.6 Å². The molecule has 0 aromatic heterocycles. The fourth-order valence-corrected chi connectivity index (χ4v) is 4.48. The molecular weight excluding hydrogens is 378 g/mol. The van der Waals surface area contributed by atoms with Gasteiger partial charge in [-0.15, -0.1) is 0 Å². The number of nitrogens with one attached hydrogen (secondary N) is 1. The SMILES string of the molecule is NCc1ccc(CNC(=O)[C@@H]2CC[C@H]3[C@@H](OCc4ccccc4)CCC(=O)N23)cc1. The molecule has 2 aliphatic heterocycles. The van der Waals surface area contributed by atoms with Crippen molar-refractivity contribution in [2.24, 2.45) is 5.73 Å². The van der Waals surface area contributed by atoms with E-state index in [9.17, 15) is 9.59 Å². The molecule has 2 aromatic rings. The molecule has 30 heavy (non-hydrogen) atoms. The lowest BCUT2D eigenvalue weighted by atomic mass is 9.98. The molecule has 0 saturated carbocycles. The first-order valence-electron chi connectivity index (χ1n) is 10.7. The molecule has 2 aromatic carbocycles. The van der Waals surface area contributed by atoms with Crippen LogP contribution in [-0.4, -0.2) is 34.9 Å². The minimum Gasteiger partial charge on any atom is -0.371 e. The number of carbonyl (C=O) groups is 2. The van der Waals surface area contributed by atoms with Gasteiger partial charge in [0.15, 0.2) is 0 Å². The molecular formula is C24H29N3O3. The number of piperidine rings is 1. The Morgan fingerprint density at radius 3 is 2.47 bits per heavy atom. The Hall–Kier alpha value is -2.70. The van der Waals surface area contributed by atoms with Crippen molar-refractivity contribution in [3.8, 4) is 0 Å². The molecule has 0 unspecified atom stereocenters. The molecule has 6 heteroatoms. The lowest BCUT2D eigenvalue weighted by Gasteiger charge is -2.38. The Morgan fingerprint density at radius 2 is 1.73 bits per heavy atom. The maximum Gasteiger partial charge on any atom is 0.243 e. The Labute approximate surface area is 177 Å². The number of hydrogen-bond acceptors (Lipinski definition) is 4. The van der Waals surface area contributed by atoms with Gasteiger partial charge >= 0.3 is 0 Å². The topological polar surface area (TPSA) is 84.7 Å². The lowest BCUT2D eigenvalue weighted by Crippen LogP contribution is -2.55. The highest BCUT2D eigenvalue weighted by molar-refractivity contribution is 5.89. The third-order valence-electron chi connectivity index (χ3n) is 6.12. The van der Waals surface area contributed by atoms with E-state index in [-0.39, 0.29) is 24.0 Å². The highest BCUT2D eigenvalue weighted by Gasteiger charge is 2.47. The number of carbonyl (C=O) groups excluding carboxylic acids is 2. The molecule has 0 bridgehead atoms. The van der Waals surface area contributed by atoms with Crippen LogP contribution in [0.4, 0.5) is 0 Å². The van der Waals surface area contributed by atoms with Crippen molar-refractivity contribution in [2.45, 2.75) is 63.6 Å². The Balaban J connectivity index is 1.35. The maximum atomic E-state index is 12.9. The summed E-state index contributed by atoms with van der Waals surface area (Å²) in [5, 5.41) is 3.00. The molecule has 2 saturated heterocycles. The van der Waals surface area contributed by atoms with Crippen molar-refractivity contribution in [1.82, 2.24) is 10.2 Å². The fraction of sp³-hybridized carbons (Fsp3) is 0.417. The molecule has 3 atom stereocenters. The first-order valence-corrected chi connectivity index (χ1v) is 10.7. The summed E-state index contributed by atoms with van der Waals surface area (Å²) in [5.74, 6) is -0.0260. The summed E-state index contributed by atoms with van der Waals surface area (Å²) in [5.41, 5.74) is 8.82. The molecule has 2 amide bonds. The van der Waals surface area contributed by atoms with Crippen LogP contribution in [0.3, 0.4) is 0 Å². The molecule has 2 heterocycles. The maximum absolute atomic E-state index is 12.9. The summed E-state index contributed by atoms with van der Waals surface area (Å²) >= 11 is 0. The van der Waals surface area contributed by atoms with E-state index < -0.39 is 6.04 Å². The quantitative estimate of drug-likeness (QED) is 0.739. The van der Waals surface area contributed by atoms with Crippen LogP contribution in [0.1, 0.15) is 42.4 Å². The number of ether oxygens (including phenoxy) is 1. The Bertz CT molecular complexity index is 869. The number of nitrogens with zero attached hydrogens (tertiary/aromatic N) is 1. The molecule has 158 valence electrons. The van der Waals surface area contributed by atoms with E-state index in [1.54, 1.807) is 4.90 Å². The van der Waals surface area contributed by atoms with Gasteiger partial charge in [-0.2, -0.15) is 0 Å². The van der Waals surface area contributed by atoms with Crippen molar-refractivity contribution in [3.63, 3.8) is 0 Å². The predicted molar refractivity (Wildman–Crippen MR) is 114 cm³/mol. The summed E-state index contributed by atoms with van der Waals surface area (Å²) in [6, 6.07) is 17.5. The summed E-state index contributed by atoms with van der Waals surface area (Å²) in [4.78, 5) is 27.3. The van der Waals surface area contributed by atoms with Crippen LogP contribution in [0.25, 0.3) is 0 Å². The monoisotopic (exact) mass is 407 g/mol. The zero-order chi connectivity index (χ0) is 20.9. The summed E-state index contributed by atoms with van der Waals surface area (Å²) in [6.07, 6.45) is 2.60. The fourth-order valence-electron chi connectivity index (χ4n) is 4.48. The van der Waals surface area contributed by atoms with Gasteiger partial charge in [-0.05, 0) is 36.0 Å². The van der Waals surface area contributed by atoms with Gasteiger partial charge in [-0.3, -0.25) is 9.59 Å². The normalized spacial score (nSPS) is 23.3. The molecule has 0 radical (unpaired) electrons. The molecule has 0 spiro atoms. The van der Waals surface area contributed by atoms with Gasteiger partial charge in [0.25, 0.3) is 0 Å². The second kappa shape index (κ2) is 9.41. The van der Waals surface area contributed by atoms with Gasteiger partial charge in [0.1, 0.15) is 6.04 Å². The minimum absolute atomic E-state index is 0.0189. The summed E-state index contributed by atoms with van der Waals surface area (Å²) < 4.78 is 6.17. The highest BCUT2D eigenvalue weighted by Crippen LogP contribution is 2.34. The smallest absolute Gasteiger partial charge is 0.243 e. The summed E-state index contributed by atoms with van der Waals surface area (Å²) in [6.45, 7) is 1.47. The second-order valence-corrected chi connectivity index (χ2v) is 8.07. The van der Waals surface area contributed by atoms with E-state index in [2.05, 4.69) is 5.32 Å². The third-order valence-corrected chi connectivity index (χ3v) is 6.12. The van der Waals surface area contributed by atoms with Crippen LogP contribution < -0.4 is 11.1 Å². The molecule has 2 fully saturated rings. The van der Waals surface area contributed by atoms with Crippen LogP contribution in [0.15, 0.2) is 54.6 Å². The number of fused-ring (bicyclic) bond motifs is 1. The van der Waals surface area contributed by atoms with E-state index in [0.717, 1.165) is 23.1 Å². The lowest BCUT2D eigenvalue weighted by molar-refractivity contribution is -0.149. The Kier molecular flexibility index (Phi) is 6.45. The molecule has 6 nitrogen and oxygen atoms in total. The van der Waals surface area contributed by atoms with Crippen molar-refractivity contribution >= 4 is 11.8 Å². The van der Waals surface area contributed by atoms with Crippen molar-refractivity contribution in [1.29, 1.82) is 0 Å². The van der Waals surface area contributed by atoms with E-state index in [1.807, 2.05) is 54.6 Å². The second-order valence-electron chi connectivity index (χ2n) is 8.07. The van der Waals surface area contributed by atoms with E-state index in [0.29, 0.717) is 39.0 Å². The number of hydrogen-bond donors (Lipinski definition) is 2. The van der Waals surface area contributed by atoms with E-state index >= 15 is 0 Å². The molecule has 4 rings (SSSR count). The number of benzene rings is 2. The predicted octanol–water partition coefficient (Wildman–Crippen LogP) is 2.50. The zero-order valence-electron chi connectivity index (χ0n) is 17.1. The van der Waals surface area contributed by atoms with E-state index in [1.165, 1.54) is 0 Å². The van der Waals surface area contributed by atoms with Crippen LogP contribution in [0.2, 0.25) is 0 Å². The van der Waals surface area contributed by atoms with Crippen LogP contribution >= 0.6 is 0 Å². The van der Waals surface area contributed by atoms with Gasteiger partial charge in [0.05, 0.1) is 18.8 Å². The van der Waals surface area contributed by atoms with Crippen LogP contribution in [-0.2, 0) is 34.0 Å². The summed E-state index contributed by atoms with van der Waals surface area (Å²) in [7, 11) is 0. The minimum atomic E-state index is -0.408. The van der Waals surface area contributed by atoms with Crippen LogP contribution in [0.5, 0.6) is 0 Å². The molecule has 2 aliphatic rings. The van der Waals surface area contributed by atoms with Crippen LogP contribution in [0, 0.1) is 0 Å². The van der Waals surface area contributed by atoms with Gasteiger partial charge in [0.2, 0.25) is 11.8 Å². The highest BCUT2D eigenvalue weighted by atomic mass is 16.5. The standard InChI is InChI=1S/C24H29N3O3/c25-14-17-6-8-18(9-7-17)15-26-24(29)21-11-10-20-22(12-13-23(28)27(20)21)30-16-19-4-2-1-3-5-19/h1-9,20-22H,10-16,25H2,(H,26,29)/t20-,21-,22-/m0/s1. The van der Waals surface area contributed by atoms with Gasteiger partial charge < -0.3 is 20.7 Å². The van der Waals surface area contributed by atoms with Crippen molar-refractivity contribution < 1.29 is 14.3 Å². The number of nitrogens with two attached hydrogens (primary N) is 1. The van der Waals surface area contributed by atoms with Crippen molar-refractivity contribution in [2.75, 3.05) is 0 Å². The zero-order valence-corrected chi connectivity index (χ0v) is 17.1. The Morgan fingerprint density at radius 1 is 1.00 bits per heavy atom. The molecule has 3 N–H and O–H groups in total. The largest absolute Gasteiger partial charge is 0.371 e. The first-order chi connectivity index (χ1) is 14.7. The van der Waals surface area contributed by atoms with Crippen molar-refractivity contribution in [3.05, 3.63) is 71.3 Å². The number of amides is 2. The first kappa shape index (κ1) is 20.6. The third kappa shape index (κ3) is 4.55.